The Hall–Kier alpha value is -0.0800. The highest BCUT2D eigenvalue weighted by molar-refractivity contribution is 5.45. The quantitative estimate of drug-likeness (QED) is 0.571. The average molecular weight is 139 g/mol. The lowest BCUT2D eigenvalue weighted by molar-refractivity contribution is 0.205. The molecule has 2 nitrogen and oxygen atoms in total. The van der Waals surface area contributed by atoms with Crippen molar-refractivity contribution in [3.63, 3.8) is 0 Å². The maximum atomic E-state index is 9.11. The summed E-state index contributed by atoms with van der Waals surface area (Å²) in [7, 11) is 0. The molecule has 1 aliphatic carbocycles. The largest absolute Gasteiger partial charge is 0.396 e. The lowest BCUT2D eigenvalue weighted by Gasteiger charge is -2.17. The van der Waals surface area contributed by atoms with E-state index in [-0.39, 0.29) is 6.61 Å². The molecule has 1 atom stereocenters. The van der Waals surface area contributed by atoms with Crippen LogP contribution < -0.4 is 0 Å². The third-order valence-electron chi connectivity index (χ3n) is 1.56. The Morgan fingerprint density at radius 1 is 1.50 bits per heavy atom. The van der Waals surface area contributed by atoms with Gasteiger partial charge in [-0.05, 0) is 26.2 Å². The van der Waals surface area contributed by atoms with Crippen LogP contribution in [0.15, 0.2) is 0 Å². The molecule has 2 heteroatoms. The molecular formula is C8H11O2. The third-order valence-corrected chi connectivity index (χ3v) is 1.56. The van der Waals surface area contributed by atoms with Gasteiger partial charge in [-0.1, -0.05) is 0 Å². The molecule has 5 radical (unpaired) electrons. The minimum atomic E-state index is -0.475. The Labute approximate surface area is 61.9 Å². The normalized spacial score (nSPS) is 25.5. The molecule has 0 bridgehead atoms. The lowest BCUT2D eigenvalue weighted by Crippen LogP contribution is -2.19. The van der Waals surface area contributed by atoms with Crippen molar-refractivity contribution < 1.29 is 10.2 Å². The lowest BCUT2D eigenvalue weighted by atomic mass is 9.92. The molecule has 1 rings (SSSR count). The van der Waals surface area contributed by atoms with Crippen LogP contribution in [0.1, 0.15) is 6.92 Å². The first-order valence-corrected chi connectivity index (χ1v) is 3.29. The second-order valence-electron chi connectivity index (χ2n) is 2.34. The fourth-order valence-corrected chi connectivity index (χ4v) is 1.02. The first-order chi connectivity index (χ1) is 4.75. The van der Waals surface area contributed by atoms with Crippen LogP contribution in [0, 0.1) is 31.1 Å². The molecule has 0 aromatic rings. The van der Waals surface area contributed by atoms with E-state index in [1.165, 1.54) is 0 Å². The highest BCUT2D eigenvalue weighted by Gasteiger charge is 2.31. The minimum Gasteiger partial charge on any atom is -0.396 e. The van der Waals surface area contributed by atoms with Gasteiger partial charge in [0.1, 0.15) is 0 Å². The Bertz CT molecular complexity index is 101. The summed E-state index contributed by atoms with van der Waals surface area (Å²) in [5.41, 5.74) is 0. The van der Waals surface area contributed by atoms with E-state index >= 15 is 0 Å². The van der Waals surface area contributed by atoms with Crippen LogP contribution in [0.2, 0.25) is 0 Å². The summed E-state index contributed by atoms with van der Waals surface area (Å²) in [5.74, 6) is 1.64. The van der Waals surface area contributed by atoms with Gasteiger partial charge >= 0.3 is 0 Å². The second-order valence-corrected chi connectivity index (χ2v) is 2.34. The monoisotopic (exact) mass is 139 g/mol. The summed E-state index contributed by atoms with van der Waals surface area (Å²) in [4.78, 5) is 0. The van der Waals surface area contributed by atoms with E-state index in [4.69, 9.17) is 10.2 Å². The molecule has 0 aliphatic heterocycles. The van der Waals surface area contributed by atoms with E-state index < -0.39 is 6.10 Å². The van der Waals surface area contributed by atoms with Gasteiger partial charge in [-0.3, -0.25) is 0 Å². The molecule has 0 aromatic carbocycles. The van der Waals surface area contributed by atoms with Crippen molar-refractivity contribution in [1.29, 1.82) is 0 Å². The van der Waals surface area contributed by atoms with Crippen LogP contribution in [0.3, 0.4) is 0 Å². The molecule has 10 heavy (non-hydrogen) atoms. The smallest absolute Gasteiger partial charge is 0.0584 e. The maximum Gasteiger partial charge on any atom is 0.0584 e. The van der Waals surface area contributed by atoms with E-state index in [9.17, 15) is 0 Å². The molecular weight excluding hydrogens is 128 g/mol. The predicted molar refractivity (Wildman–Crippen MR) is 38.2 cm³/mol. The van der Waals surface area contributed by atoms with Crippen molar-refractivity contribution in [2.24, 2.45) is 0 Å². The van der Waals surface area contributed by atoms with E-state index in [1.807, 2.05) is 19.3 Å². The van der Waals surface area contributed by atoms with Crippen molar-refractivity contribution >= 4 is 0 Å². The van der Waals surface area contributed by atoms with E-state index in [0.717, 1.165) is 11.8 Å². The zero-order valence-electron chi connectivity index (χ0n) is 5.91. The van der Waals surface area contributed by atoms with Gasteiger partial charge in [0.25, 0.3) is 0 Å². The molecule has 55 valence electrons. The molecule has 1 fully saturated rings. The van der Waals surface area contributed by atoms with Crippen LogP contribution in [-0.4, -0.2) is 22.9 Å². The SMILES string of the molecule is C[C@H](O)[C]1[CH][CH][CH][C]1CO. The average Bonchev–Trinajstić information content (AvgIpc) is 2.33. The first-order valence-electron chi connectivity index (χ1n) is 3.29. The summed E-state index contributed by atoms with van der Waals surface area (Å²) in [6.45, 7) is 1.70. The Morgan fingerprint density at radius 2 is 2.20 bits per heavy atom. The van der Waals surface area contributed by atoms with Crippen molar-refractivity contribution in [1.82, 2.24) is 0 Å². The van der Waals surface area contributed by atoms with Gasteiger partial charge in [0.15, 0.2) is 0 Å². The minimum absolute atomic E-state index is 0.00718. The van der Waals surface area contributed by atoms with E-state index in [0.29, 0.717) is 0 Å². The summed E-state index contributed by atoms with van der Waals surface area (Å²) in [5, 5.41) is 17.9. The molecule has 1 aliphatic rings. The zero-order chi connectivity index (χ0) is 7.56. The Morgan fingerprint density at radius 3 is 2.60 bits per heavy atom. The van der Waals surface area contributed by atoms with Crippen LogP contribution in [-0.2, 0) is 0 Å². The van der Waals surface area contributed by atoms with Crippen molar-refractivity contribution in [3.05, 3.63) is 31.1 Å². The number of hydrogen-bond donors (Lipinski definition) is 2. The molecule has 0 saturated heterocycles. The highest BCUT2D eigenvalue weighted by atomic mass is 16.3. The molecule has 2 N–H and O–H groups in total. The summed E-state index contributed by atoms with van der Waals surface area (Å²) >= 11 is 0. The van der Waals surface area contributed by atoms with Gasteiger partial charge in [0, 0.05) is 11.8 Å². The van der Waals surface area contributed by atoms with E-state index in [2.05, 4.69) is 0 Å². The fraction of sp³-hybridized carbons (Fsp3) is 0.375. The number of hydrogen-bond acceptors (Lipinski definition) is 2. The van der Waals surface area contributed by atoms with Gasteiger partial charge in [0.2, 0.25) is 0 Å². The van der Waals surface area contributed by atoms with E-state index in [1.54, 1.807) is 6.92 Å². The molecule has 0 heterocycles. The molecule has 1 saturated carbocycles. The van der Waals surface area contributed by atoms with Crippen molar-refractivity contribution in [2.45, 2.75) is 13.0 Å². The van der Waals surface area contributed by atoms with Crippen LogP contribution in [0.25, 0.3) is 0 Å². The summed E-state index contributed by atoms with van der Waals surface area (Å²) in [6, 6.07) is 0. The van der Waals surface area contributed by atoms with Gasteiger partial charge in [-0.15, -0.1) is 0 Å². The van der Waals surface area contributed by atoms with Gasteiger partial charge in [-0.2, -0.15) is 0 Å². The molecule has 0 aromatic heterocycles. The van der Waals surface area contributed by atoms with Gasteiger partial charge in [-0.25, -0.2) is 0 Å². The Balaban J connectivity index is 2.42. The van der Waals surface area contributed by atoms with Crippen LogP contribution in [0.5, 0.6) is 0 Å². The third kappa shape index (κ3) is 1.50. The summed E-state index contributed by atoms with van der Waals surface area (Å²) < 4.78 is 0. The first kappa shape index (κ1) is 8.02. The summed E-state index contributed by atoms with van der Waals surface area (Å²) in [6.07, 6.45) is 4.98. The number of aliphatic hydroxyl groups is 2. The Kier molecular flexibility index (Phi) is 2.69. The number of rotatable bonds is 2. The standard InChI is InChI=1S/C8H11O2/c1-6(10)8-4-2-3-7(8)5-9/h2-4,6,9-10H,5H2,1H3/t6-/m0/s1. The zero-order valence-corrected chi connectivity index (χ0v) is 5.91. The number of aliphatic hydroxyl groups excluding tert-OH is 2. The highest BCUT2D eigenvalue weighted by Crippen LogP contribution is 2.34. The van der Waals surface area contributed by atoms with Crippen LogP contribution in [0.4, 0.5) is 0 Å². The predicted octanol–water partition coefficient (Wildman–Crippen LogP) is 0.135. The van der Waals surface area contributed by atoms with Crippen LogP contribution >= 0.6 is 0 Å². The fourth-order valence-electron chi connectivity index (χ4n) is 1.02. The van der Waals surface area contributed by atoms with Gasteiger partial charge in [0.05, 0.1) is 12.7 Å². The van der Waals surface area contributed by atoms with Crippen molar-refractivity contribution in [3.8, 4) is 0 Å². The second kappa shape index (κ2) is 3.35. The molecule has 0 spiro atoms. The van der Waals surface area contributed by atoms with Gasteiger partial charge < -0.3 is 10.2 Å². The molecule has 0 amide bonds. The maximum absolute atomic E-state index is 9.11. The van der Waals surface area contributed by atoms with Crippen molar-refractivity contribution in [2.75, 3.05) is 6.61 Å². The topological polar surface area (TPSA) is 40.5 Å². The molecule has 0 unspecified atom stereocenters.